The fourth-order valence-corrected chi connectivity index (χ4v) is 2.75. The van der Waals surface area contributed by atoms with Crippen LogP contribution in [0, 0.1) is 6.92 Å². The molecule has 1 N–H and O–H groups in total. The van der Waals surface area contributed by atoms with Crippen molar-refractivity contribution < 1.29 is 4.79 Å². The molecule has 0 fully saturated rings. The molecule has 0 bridgehead atoms. The molecule has 0 aromatic heterocycles. The van der Waals surface area contributed by atoms with E-state index in [1.54, 1.807) is 24.3 Å². The van der Waals surface area contributed by atoms with Gasteiger partial charge in [-0.25, -0.2) is 0 Å². The second-order valence-corrected chi connectivity index (χ2v) is 6.38. The summed E-state index contributed by atoms with van der Waals surface area (Å²) in [5.41, 5.74) is 1.88. The molecule has 0 saturated heterocycles. The highest BCUT2D eigenvalue weighted by Gasteiger charge is 2.13. The fraction of sp³-hybridized carbons (Fsp3) is 0.0714. The summed E-state index contributed by atoms with van der Waals surface area (Å²) in [6.45, 7) is 1.89. The Morgan fingerprint density at radius 3 is 2.60 bits per heavy atom. The van der Waals surface area contributed by atoms with E-state index >= 15 is 0 Å². The zero-order valence-corrected chi connectivity index (χ0v) is 14.4. The van der Waals surface area contributed by atoms with Crippen LogP contribution in [0.4, 0.5) is 5.69 Å². The summed E-state index contributed by atoms with van der Waals surface area (Å²) >= 11 is 19.7. The molecule has 0 spiro atoms. The lowest BCUT2D eigenvalue weighted by molar-refractivity contribution is 0.102. The van der Waals surface area contributed by atoms with Gasteiger partial charge >= 0.3 is 0 Å². The number of aryl methyl sites for hydroxylation is 1. The topological polar surface area (TPSA) is 29.1 Å². The van der Waals surface area contributed by atoms with E-state index in [1.807, 2.05) is 13.0 Å². The summed E-state index contributed by atoms with van der Waals surface area (Å²) in [7, 11) is 0. The highest BCUT2D eigenvalue weighted by molar-refractivity contribution is 9.10. The lowest BCUT2D eigenvalue weighted by Gasteiger charge is -2.11. The molecule has 2 aromatic rings. The van der Waals surface area contributed by atoms with Crippen LogP contribution in [0.5, 0.6) is 0 Å². The summed E-state index contributed by atoms with van der Waals surface area (Å²) in [6, 6.07) is 8.51. The zero-order chi connectivity index (χ0) is 14.9. The number of carbonyl (C=O) groups excluding carboxylic acids is 1. The van der Waals surface area contributed by atoms with Crippen molar-refractivity contribution in [2.24, 2.45) is 0 Å². The number of hydrogen-bond acceptors (Lipinski definition) is 2. The van der Waals surface area contributed by atoms with Crippen molar-refractivity contribution in [2.45, 2.75) is 11.8 Å². The maximum atomic E-state index is 12.2. The van der Waals surface area contributed by atoms with Gasteiger partial charge in [-0.05, 0) is 58.7 Å². The number of anilines is 1. The molecule has 0 aliphatic carbocycles. The number of thiol groups is 1. The zero-order valence-electron chi connectivity index (χ0n) is 10.4. The molecule has 0 atom stereocenters. The Morgan fingerprint density at radius 2 is 1.90 bits per heavy atom. The quantitative estimate of drug-likeness (QED) is 0.641. The standard InChI is InChI=1S/C14H10BrCl2NOS/c1-7-4-10(15)13(6-12(7)17)18-14(19)9-5-8(20)2-3-11(9)16/h2-6,20H,1H3,(H,18,19). The average Bonchev–Trinajstić information content (AvgIpc) is 2.38. The van der Waals surface area contributed by atoms with Crippen molar-refractivity contribution in [3.8, 4) is 0 Å². The second-order valence-electron chi connectivity index (χ2n) is 4.20. The van der Waals surface area contributed by atoms with E-state index < -0.39 is 0 Å². The molecule has 0 unspecified atom stereocenters. The highest BCUT2D eigenvalue weighted by atomic mass is 79.9. The highest BCUT2D eigenvalue weighted by Crippen LogP contribution is 2.30. The Bertz CT molecular complexity index is 691. The number of rotatable bonds is 2. The molecule has 0 aliphatic rings. The first-order valence-electron chi connectivity index (χ1n) is 5.64. The number of amides is 1. The third kappa shape index (κ3) is 3.50. The minimum Gasteiger partial charge on any atom is -0.321 e. The van der Waals surface area contributed by atoms with E-state index in [0.717, 1.165) is 10.0 Å². The van der Waals surface area contributed by atoms with Crippen LogP contribution in [0.3, 0.4) is 0 Å². The van der Waals surface area contributed by atoms with Crippen molar-refractivity contribution >= 4 is 63.4 Å². The first-order valence-corrected chi connectivity index (χ1v) is 7.63. The van der Waals surface area contributed by atoms with Gasteiger partial charge in [-0.1, -0.05) is 23.2 Å². The maximum absolute atomic E-state index is 12.2. The average molecular weight is 391 g/mol. The number of carbonyl (C=O) groups is 1. The van der Waals surface area contributed by atoms with Gasteiger partial charge in [-0.15, -0.1) is 12.6 Å². The van der Waals surface area contributed by atoms with Crippen LogP contribution in [-0.4, -0.2) is 5.91 Å². The van der Waals surface area contributed by atoms with Gasteiger partial charge in [-0.2, -0.15) is 0 Å². The van der Waals surface area contributed by atoms with Crippen molar-refractivity contribution in [3.63, 3.8) is 0 Å². The third-order valence-corrected chi connectivity index (χ3v) is 4.36. The summed E-state index contributed by atoms with van der Waals surface area (Å²) in [5.74, 6) is -0.313. The first-order chi connectivity index (χ1) is 9.38. The number of benzene rings is 2. The molecular weight excluding hydrogens is 381 g/mol. The van der Waals surface area contributed by atoms with E-state index in [1.165, 1.54) is 0 Å². The van der Waals surface area contributed by atoms with Crippen LogP contribution in [0.1, 0.15) is 15.9 Å². The predicted octanol–water partition coefficient (Wildman–Crippen LogP) is 5.61. The molecule has 2 nitrogen and oxygen atoms in total. The SMILES string of the molecule is Cc1cc(Br)c(NC(=O)c2cc(S)ccc2Cl)cc1Cl. The van der Waals surface area contributed by atoms with Crippen molar-refractivity contribution in [1.29, 1.82) is 0 Å². The van der Waals surface area contributed by atoms with Gasteiger partial charge in [0, 0.05) is 14.4 Å². The maximum Gasteiger partial charge on any atom is 0.257 e. The normalized spacial score (nSPS) is 10.4. The smallest absolute Gasteiger partial charge is 0.257 e. The monoisotopic (exact) mass is 389 g/mol. The van der Waals surface area contributed by atoms with Crippen molar-refractivity contribution in [3.05, 3.63) is 56.0 Å². The van der Waals surface area contributed by atoms with E-state index in [4.69, 9.17) is 23.2 Å². The van der Waals surface area contributed by atoms with Crippen LogP contribution >= 0.6 is 51.8 Å². The number of nitrogens with one attached hydrogen (secondary N) is 1. The number of hydrogen-bond donors (Lipinski definition) is 2. The van der Waals surface area contributed by atoms with Crippen LogP contribution < -0.4 is 5.32 Å². The van der Waals surface area contributed by atoms with Crippen LogP contribution in [0.15, 0.2) is 39.7 Å². The molecule has 0 saturated carbocycles. The molecule has 104 valence electrons. The van der Waals surface area contributed by atoms with E-state index in [9.17, 15) is 4.79 Å². The molecular formula is C14H10BrCl2NOS. The Balaban J connectivity index is 2.32. The molecule has 2 rings (SSSR count). The van der Waals surface area contributed by atoms with Gasteiger partial charge in [0.25, 0.3) is 5.91 Å². The Morgan fingerprint density at radius 1 is 1.20 bits per heavy atom. The largest absolute Gasteiger partial charge is 0.321 e. The van der Waals surface area contributed by atoms with Crippen molar-refractivity contribution in [1.82, 2.24) is 0 Å². The molecule has 20 heavy (non-hydrogen) atoms. The Hall–Kier alpha value is -0.680. The van der Waals surface area contributed by atoms with Crippen molar-refractivity contribution in [2.75, 3.05) is 5.32 Å². The Kier molecular flexibility index (Phi) is 5.02. The van der Waals surface area contributed by atoms with Gasteiger partial charge in [0.2, 0.25) is 0 Å². The summed E-state index contributed by atoms with van der Waals surface area (Å²) in [4.78, 5) is 12.9. The minimum atomic E-state index is -0.313. The summed E-state index contributed by atoms with van der Waals surface area (Å²) < 4.78 is 0.755. The molecule has 0 aliphatic heterocycles. The number of halogens is 3. The second kappa shape index (κ2) is 6.39. The van der Waals surface area contributed by atoms with Crippen LogP contribution in [-0.2, 0) is 0 Å². The third-order valence-electron chi connectivity index (χ3n) is 2.69. The van der Waals surface area contributed by atoms with Gasteiger partial charge in [0.05, 0.1) is 16.3 Å². The lowest BCUT2D eigenvalue weighted by atomic mass is 10.2. The summed E-state index contributed by atoms with van der Waals surface area (Å²) in [6.07, 6.45) is 0. The van der Waals surface area contributed by atoms with Gasteiger partial charge in [-0.3, -0.25) is 4.79 Å². The van der Waals surface area contributed by atoms with E-state index in [2.05, 4.69) is 33.9 Å². The molecule has 2 aromatic carbocycles. The summed E-state index contributed by atoms with van der Waals surface area (Å²) in [5, 5.41) is 3.73. The predicted molar refractivity (Wildman–Crippen MR) is 90.5 cm³/mol. The van der Waals surface area contributed by atoms with E-state index in [-0.39, 0.29) is 5.91 Å². The van der Waals surface area contributed by atoms with E-state index in [0.29, 0.717) is 26.2 Å². The first kappa shape index (κ1) is 15.7. The fourth-order valence-electron chi connectivity index (χ4n) is 1.62. The molecule has 6 heteroatoms. The van der Waals surface area contributed by atoms with Gasteiger partial charge < -0.3 is 5.32 Å². The molecule has 0 heterocycles. The van der Waals surface area contributed by atoms with Crippen LogP contribution in [0.2, 0.25) is 10.0 Å². The molecule has 0 radical (unpaired) electrons. The van der Waals surface area contributed by atoms with Gasteiger partial charge in [0.1, 0.15) is 0 Å². The van der Waals surface area contributed by atoms with Gasteiger partial charge in [0.15, 0.2) is 0 Å². The minimum absolute atomic E-state index is 0.313. The Labute approximate surface area is 141 Å². The lowest BCUT2D eigenvalue weighted by Crippen LogP contribution is -2.13. The molecule has 1 amide bonds. The van der Waals surface area contributed by atoms with Crippen LogP contribution in [0.25, 0.3) is 0 Å².